The molecule has 50 heavy (non-hydrogen) atoms. The molecule has 2 N–H and O–H groups in total. The van der Waals surface area contributed by atoms with E-state index in [1.165, 1.54) is 11.0 Å². The lowest BCUT2D eigenvalue weighted by molar-refractivity contribution is -0.139. The van der Waals surface area contributed by atoms with E-state index in [1.54, 1.807) is 11.7 Å². The molecular formula is C33H38Cl2F4N8O3. The predicted molar refractivity (Wildman–Crippen MR) is 178 cm³/mol. The van der Waals surface area contributed by atoms with Gasteiger partial charge in [0, 0.05) is 57.3 Å². The maximum atomic E-state index is 14.5. The van der Waals surface area contributed by atoms with Crippen molar-refractivity contribution < 1.29 is 31.8 Å². The highest BCUT2D eigenvalue weighted by Crippen LogP contribution is 2.45. The van der Waals surface area contributed by atoms with E-state index in [9.17, 15) is 22.4 Å². The molecule has 270 valence electrons. The Balaban J connectivity index is 1.26. The van der Waals surface area contributed by atoms with Crippen LogP contribution in [-0.4, -0.2) is 87.0 Å². The molecule has 0 spiro atoms. The van der Waals surface area contributed by atoms with Crippen LogP contribution in [0, 0.1) is 0 Å². The Kier molecular flexibility index (Phi) is 9.31. The van der Waals surface area contributed by atoms with Crippen LogP contribution in [0.25, 0.3) is 0 Å². The van der Waals surface area contributed by atoms with Gasteiger partial charge in [0.2, 0.25) is 0 Å². The second-order valence-electron chi connectivity index (χ2n) is 13.5. The van der Waals surface area contributed by atoms with Gasteiger partial charge in [0.05, 0.1) is 51.8 Å². The molecule has 4 aliphatic heterocycles. The zero-order valence-electron chi connectivity index (χ0n) is 27.7. The van der Waals surface area contributed by atoms with Crippen LogP contribution in [0.1, 0.15) is 77.3 Å². The molecule has 0 aliphatic carbocycles. The summed E-state index contributed by atoms with van der Waals surface area (Å²) in [6.45, 7) is 4.81. The number of halogens is 6. The minimum Gasteiger partial charge on any atom is -0.461 e. The third kappa shape index (κ3) is 6.34. The Bertz CT molecular complexity index is 1810. The molecule has 1 amide bonds. The van der Waals surface area contributed by atoms with E-state index in [4.69, 9.17) is 48.4 Å². The number of carbonyl (C=O) groups is 1. The lowest BCUT2D eigenvalue weighted by Gasteiger charge is -2.33. The Hall–Kier alpha value is -3.40. The number of ether oxygens (including phenoxy) is 2. The second-order valence-corrected chi connectivity index (χ2v) is 14.3. The van der Waals surface area contributed by atoms with Crippen LogP contribution < -0.4 is 15.4 Å². The fraction of sp³-hybridized carbons (Fsp3) is 0.576. The van der Waals surface area contributed by atoms with Crippen LogP contribution in [0.4, 0.5) is 29.1 Å². The summed E-state index contributed by atoms with van der Waals surface area (Å²) in [5.74, 6) is 0.187. The normalized spacial score (nSPS) is 23.7. The van der Waals surface area contributed by atoms with E-state index in [1.807, 2.05) is 11.8 Å². The monoisotopic (exact) mass is 740 g/mol. The summed E-state index contributed by atoms with van der Waals surface area (Å²) in [7, 11) is 1.68. The molecule has 0 radical (unpaired) electrons. The minimum absolute atomic E-state index is 0.0360. The first-order valence-corrected chi connectivity index (χ1v) is 17.5. The number of rotatable bonds is 7. The number of benzene rings is 1. The summed E-state index contributed by atoms with van der Waals surface area (Å²) in [5, 5.41) is 4.28. The zero-order chi connectivity index (χ0) is 35.5. The molecule has 2 fully saturated rings. The van der Waals surface area contributed by atoms with Gasteiger partial charge < -0.3 is 25.0 Å². The molecule has 11 nitrogen and oxygen atoms in total. The van der Waals surface area contributed by atoms with Crippen molar-refractivity contribution in [1.29, 1.82) is 0 Å². The third-order valence-electron chi connectivity index (χ3n) is 10.3. The summed E-state index contributed by atoms with van der Waals surface area (Å²) in [6, 6.07) is 2.34. The lowest BCUT2D eigenvalue weighted by Crippen LogP contribution is -2.43. The number of nitrogen functional groups attached to an aromatic ring is 1. The van der Waals surface area contributed by atoms with Crippen molar-refractivity contribution in [2.45, 2.75) is 82.7 Å². The quantitative estimate of drug-likeness (QED) is 0.235. The predicted octanol–water partition coefficient (Wildman–Crippen LogP) is 5.85. The molecule has 17 heteroatoms. The minimum atomic E-state index is -4.75. The third-order valence-corrected chi connectivity index (χ3v) is 11.0. The number of anilines is 2. The maximum Gasteiger partial charge on any atom is 0.418 e. The van der Waals surface area contributed by atoms with Gasteiger partial charge in [0.1, 0.15) is 18.6 Å². The largest absolute Gasteiger partial charge is 0.461 e. The van der Waals surface area contributed by atoms with Crippen LogP contribution in [0.5, 0.6) is 6.01 Å². The number of alkyl halides is 4. The fourth-order valence-electron chi connectivity index (χ4n) is 7.73. The molecule has 0 bridgehead atoms. The van der Waals surface area contributed by atoms with Crippen LogP contribution >= 0.6 is 23.2 Å². The smallest absolute Gasteiger partial charge is 0.418 e. The lowest BCUT2D eigenvalue weighted by atomic mass is 9.94. The van der Waals surface area contributed by atoms with Crippen molar-refractivity contribution in [2.75, 3.05) is 50.5 Å². The first-order chi connectivity index (χ1) is 23.8. The first-order valence-electron chi connectivity index (χ1n) is 16.7. The van der Waals surface area contributed by atoms with Crippen LogP contribution in [0.15, 0.2) is 12.1 Å². The Labute approximate surface area is 296 Å². The average molecular weight is 742 g/mol. The molecular weight excluding hydrogens is 703 g/mol. The SMILES string of the molecule is CCN(C)C(=O)c1nn2c(c1Cl)CN(c1nc(OC[C@@]34CCCN3C[C@H](F)C4)nc3c1CO[C@H](c1cc(N)cc(Cl)c1C(F)(F)F)C3)CCC2. The number of amides is 1. The van der Waals surface area contributed by atoms with E-state index in [-0.39, 0.29) is 60.1 Å². The summed E-state index contributed by atoms with van der Waals surface area (Å²) in [4.78, 5) is 28.2. The summed E-state index contributed by atoms with van der Waals surface area (Å²) in [6.07, 6.45) is -4.12. The highest BCUT2D eigenvalue weighted by atomic mass is 35.5. The number of hydrogen-bond acceptors (Lipinski definition) is 9. The molecule has 0 unspecified atom stereocenters. The number of nitrogens with two attached hydrogens (primary N) is 1. The van der Waals surface area contributed by atoms with Crippen molar-refractivity contribution in [3.05, 3.63) is 56.0 Å². The van der Waals surface area contributed by atoms with Crippen LogP contribution in [-0.2, 0) is 37.0 Å². The summed E-state index contributed by atoms with van der Waals surface area (Å²) >= 11 is 12.9. The van der Waals surface area contributed by atoms with Gasteiger partial charge in [-0.15, -0.1) is 0 Å². The molecule has 1 aromatic carbocycles. The zero-order valence-corrected chi connectivity index (χ0v) is 29.2. The highest BCUT2D eigenvalue weighted by molar-refractivity contribution is 6.34. The second kappa shape index (κ2) is 13.3. The van der Waals surface area contributed by atoms with Gasteiger partial charge in [-0.25, -0.2) is 4.39 Å². The van der Waals surface area contributed by atoms with Gasteiger partial charge in [0.15, 0.2) is 5.69 Å². The van der Waals surface area contributed by atoms with E-state index in [0.717, 1.165) is 25.5 Å². The topological polar surface area (TPSA) is 115 Å². The average Bonchev–Trinajstić information content (AvgIpc) is 3.63. The number of nitrogens with zero attached hydrogens (tertiary/aromatic N) is 7. The van der Waals surface area contributed by atoms with Crippen LogP contribution in [0.2, 0.25) is 10.0 Å². The highest BCUT2D eigenvalue weighted by Gasteiger charge is 2.49. The molecule has 2 aromatic heterocycles. The fourth-order valence-corrected chi connectivity index (χ4v) is 8.35. The number of aryl methyl sites for hydroxylation is 1. The standard InChI is InChI=1S/C33H38Cl2F4N8O3/c1-3-44(2)30(48)28-27(35)24-15-45(7-5-9-47(24)43-28)29-21-16-49-25(20-10-19(40)11-22(34)26(20)33(37,38)39)12-23(21)41-31(42-29)50-17-32-6-4-8-46(32)14-18(36)13-32/h10-11,18,25H,3-9,12-17,40H2,1-2H3/t18-,25+,32+/m1/s1. The molecule has 3 aromatic rings. The Morgan fingerprint density at radius 1 is 1.20 bits per heavy atom. The van der Waals surface area contributed by atoms with Gasteiger partial charge >= 0.3 is 12.2 Å². The van der Waals surface area contributed by atoms with Gasteiger partial charge in [-0.1, -0.05) is 23.2 Å². The van der Waals surface area contributed by atoms with Crippen molar-refractivity contribution in [2.24, 2.45) is 0 Å². The van der Waals surface area contributed by atoms with Crippen molar-refractivity contribution in [1.82, 2.24) is 29.5 Å². The number of carbonyl (C=O) groups excluding carboxylic acids is 1. The number of aromatic nitrogens is 4. The number of fused-ring (bicyclic) bond motifs is 3. The van der Waals surface area contributed by atoms with E-state index in [2.05, 4.69) is 10.00 Å². The van der Waals surface area contributed by atoms with Crippen molar-refractivity contribution in [3.8, 4) is 6.01 Å². The van der Waals surface area contributed by atoms with Gasteiger partial charge in [0.25, 0.3) is 5.91 Å². The van der Waals surface area contributed by atoms with E-state index < -0.39 is 34.6 Å². The summed E-state index contributed by atoms with van der Waals surface area (Å²) < 4.78 is 71.4. The van der Waals surface area contributed by atoms with E-state index in [0.29, 0.717) is 61.8 Å². The first kappa shape index (κ1) is 35.0. The Morgan fingerprint density at radius 2 is 2.00 bits per heavy atom. The van der Waals surface area contributed by atoms with Crippen molar-refractivity contribution in [3.63, 3.8) is 0 Å². The van der Waals surface area contributed by atoms with E-state index >= 15 is 0 Å². The molecule has 6 heterocycles. The van der Waals surface area contributed by atoms with Crippen molar-refractivity contribution >= 4 is 40.6 Å². The Morgan fingerprint density at radius 3 is 2.76 bits per heavy atom. The molecule has 3 atom stereocenters. The summed E-state index contributed by atoms with van der Waals surface area (Å²) in [5.41, 5.74) is 6.19. The van der Waals surface area contributed by atoms with Gasteiger partial charge in [-0.3, -0.25) is 14.4 Å². The van der Waals surface area contributed by atoms with Crippen LogP contribution in [0.3, 0.4) is 0 Å². The number of hydrogen-bond donors (Lipinski definition) is 1. The van der Waals surface area contributed by atoms with Gasteiger partial charge in [-0.2, -0.15) is 28.2 Å². The molecule has 2 saturated heterocycles. The maximum absolute atomic E-state index is 14.5. The molecule has 4 aliphatic rings. The molecule has 7 rings (SSSR count). The van der Waals surface area contributed by atoms with Gasteiger partial charge in [-0.05, 0) is 50.4 Å². The molecule has 0 saturated carbocycles.